The van der Waals surface area contributed by atoms with E-state index in [4.69, 9.17) is 5.32 Å². The van der Waals surface area contributed by atoms with Crippen LogP contribution in [0.5, 0.6) is 0 Å². The lowest BCUT2D eigenvalue weighted by atomic mass is 9.92. The van der Waals surface area contributed by atoms with Crippen molar-refractivity contribution in [2.75, 3.05) is 0 Å². The van der Waals surface area contributed by atoms with E-state index in [0.29, 0.717) is 0 Å². The monoisotopic (exact) mass is 334 g/mol. The molecular formula is C24H32N. The Bertz CT molecular complexity index is 686. The van der Waals surface area contributed by atoms with Crippen molar-refractivity contribution in [1.82, 2.24) is 5.32 Å². The van der Waals surface area contributed by atoms with E-state index in [0.717, 1.165) is 5.69 Å². The second kappa shape index (κ2) is 9.08. The summed E-state index contributed by atoms with van der Waals surface area (Å²) in [7, 11) is 0. The third kappa shape index (κ3) is 4.26. The fraction of sp³-hybridized carbons (Fsp3) is 0.500. The van der Waals surface area contributed by atoms with E-state index in [-0.39, 0.29) is 0 Å². The van der Waals surface area contributed by atoms with Crippen molar-refractivity contribution in [1.29, 1.82) is 0 Å². The average Bonchev–Trinajstić information content (AvgIpc) is 3.02. The van der Waals surface area contributed by atoms with E-state index in [9.17, 15) is 0 Å². The van der Waals surface area contributed by atoms with Crippen molar-refractivity contribution in [3.8, 4) is 11.1 Å². The summed E-state index contributed by atoms with van der Waals surface area (Å²) in [6.45, 7) is 4.57. The van der Waals surface area contributed by atoms with E-state index in [1.54, 1.807) is 5.56 Å². The Kier molecular flexibility index (Phi) is 6.55. The number of nitrogens with zero attached hydrogens (tertiary/aromatic N) is 1. The molecule has 1 aliphatic heterocycles. The molecule has 0 N–H and O–H groups in total. The second-order valence-electron chi connectivity index (χ2n) is 7.35. The molecule has 2 aromatic carbocycles. The first kappa shape index (κ1) is 18.0. The van der Waals surface area contributed by atoms with Gasteiger partial charge in [-0.3, -0.25) is 0 Å². The van der Waals surface area contributed by atoms with Gasteiger partial charge in [0.25, 0.3) is 0 Å². The minimum atomic E-state index is 1.15. The van der Waals surface area contributed by atoms with Crippen LogP contribution >= 0.6 is 0 Å². The number of rotatable bonds is 10. The minimum absolute atomic E-state index is 1.15. The van der Waals surface area contributed by atoms with Gasteiger partial charge in [0.2, 0.25) is 0 Å². The largest absolute Gasteiger partial charge is 0.247 e. The second-order valence-corrected chi connectivity index (χ2v) is 7.35. The molecule has 0 aromatic heterocycles. The highest BCUT2D eigenvalue weighted by atomic mass is 14.9. The summed E-state index contributed by atoms with van der Waals surface area (Å²) in [5, 5.41) is 5.02. The van der Waals surface area contributed by atoms with Gasteiger partial charge in [0.1, 0.15) is 0 Å². The Labute approximate surface area is 153 Å². The minimum Gasteiger partial charge on any atom is -0.247 e. The fourth-order valence-electron chi connectivity index (χ4n) is 3.93. The first-order valence-electron chi connectivity index (χ1n) is 10.3. The molecule has 0 spiro atoms. The molecule has 0 fully saturated rings. The average molecular weight is 335 g/mol. The Morgan fingerprint density at radius 3 is 2.16 bits per heavy atom. The molecule has 2 aromatic rings. The van der Waals surface area contributed by atoms with Gasteiger partial charge < -0.3 is 0 Å². The van der Waals surface area contributed by atoms with Crippen molar-refractivity contribution < 1.29 is 0 Å². The first-order valence-corrected chi connectivity index (χ1v) is 10.3. The number of benzene rings is 2. The molecule has 0 amide bonds. The maximum Gasteiger partial charge on any atom is 0.0751 e. The van der Waals surface area contributed by atoms with Crippen LogP contribution in [-0.4, -0.2) is 0 Å². The lowest BCUT2D eigenvalue weighted by Gasteiger charge is -2.14. The highest BCUT2D eigenvalue weighted by Gasteiger charge is 2.23. The third-order valence-electron chi connectivity index (χ3n) is 5.39. The summed E-state index contributed by atoms with van der Waals surface area (Å²) in [4.78, 5) is 0. The normalized spacial score (nSPS) is 11.9. The van der Waals surface area contributed by atoms with Crippen LogP contribution < -0.4 is 5.32 Å². The number of hydrogen-bond acceptors (Lipinski definition) is 0. The molecular weight excluding hydrogens is 302 g/mol. The van der Waals surface area contributed by atoms with E-state index in [2.05, 4.69) is 50.2 Å². The Hall–Kier alpha value is -1.76. The van der Waals surface area contributed by atoms with Crippen LogP contribution in [0.25, 0.3) is 11.1 Å². The van der Waals surface area contributed by atoms with Crippen LogP contribution in [0.1, 0.15) is 76.3 Å². The fourth-order valence-corrected chi connectivity index (χ4v) is 3.93. The lowest BCUT2D eigenvalue weighted by molar-refractivity contribution is 0.650. The van der Waals surface area contributed by atoms with Gasteiger partial charge in [-0.2, -0.15) is 0 Å². The highest BCUT2D eigenvalue weighted by molar-refractivity contribution is 5.92. The predicted molar refractivity (Wildman–Crippen MR) is 109 cm³/mol. The molecule has 1 aliphatic rings. The molecule has 133 valence electrons. The first-order chi connectivity index (χ1) is 12.3. The number of hydrogen-bond donors (Lipinski definition) is 0. The SMILES string of the molecule is CCCCCCc1ccc2c(c1CCCCCC)[N]c1ccccc1-2. The molecule has 1 heteroatoms. The van der Waals surface area contributed by atoms with Crippen LogP contribution in [0.2, 0.25) is 0 Å². The summed E-state index contributed by atoms with van der Waals surface area (Å²) in [6, 6.07) is 13.3. The topological polar surface area (TPSA) is 14.1 Å². The van der Waals surface area contributed by atoms with Gasteiger partial charge in [-0.1, -0.05) is 82.7 Å². The molecule has 0 aliphatic carbocycles. The maximum atomic E-state index is 5.02. The van der Waals surface area contributed by atoms with E-state index in [1.807, 2.05) is 0 Å². The summed E-state index contributed by atoms with van der Waals surface area (Å²) in [5.41, 5.74) is 8.15. The summed E-state index contributed by atoms with van der Waals surface area (Å²) in [5.74, 6) is 0. The molecule has 0 saturated carbocycles. The Balaban J connectivity index is 1.82. The molecule has 0 saturated heterocycles. The van der Waals surface area contributed by atoms with Crippen molar-refractivity contribution in [2.45, 2.75) is 78.1 Å². The predicted octanol–water partition coefficient (Wildman–Crippen LogP) is 7.48. The molecule has 3 rings (SSSR count). The number of fused-ring (bicyclic) bond motifs is 3. The molecule has 1 nitrogen and oxygen atoms in total. The smallest absolute Gasteiger partial charge is 0.0751 e. The van der Waals surface area contributed by atoms with E-state index in [1.165, 1.54) is 86.6 Å². The Morgan fingerprint density at radius 1 is 0.680 bits per heavy atom. The zero-order chi connectivity index (χ0) is 17.5. The number of para-hydroxylation sites is 1. The van der Waals surface area contributed by atoms with Gasteiger partial charge in [-0.15, -0.1) is 0 Å². The van der Waals surface area contributed by atoms with Gasteiger partial charge in [0.05, 0.1) is 11.4 Å². The zero-order valence-electron chi connectivity index (χ0n) is 16.0. The maximum absolute atomic E-state index is 5.02. The van der Waals surface area contributed by atoms with Crippen LogP contribution in [0.15, 0.2) is 36.4 Å². The summed E-state index contributed by atoms with van der Waals surface area (Å²) in [6.07, 6.45) is 13.0. The Morgan fingerprint density at radius 2 is 1.40 bits per heavy atom. The zero-order valence-corrected chi connectivity index (χ0v) is 16.0. The van der Waals surface area contributed by atoms with Gasteiger partial charge in [0, 0.05) is 11.1 Å². The molecule has 0 atom stereocenters. The van der Waals surface area contributed by atoms with Crippen molar-refractivity contribution in [3.63, 3.8) is 0 Å². The van der Waals surface area contributed by atoms with Crippen LogP contribution in [0.3, 0.4) is 0 Å². The van der Waals surface area contributed by atoms with Crippen molar-refractivity contribution in [2.24, 2.45) is 0 Å². The number of aryl methyl sites for hydroxylation is 1. The van der Waals surface area contributed by atoms with Gasteiger partial charge in [-0.05, 0) is 42.9 Å². The van der Waals surface area contributed by atoms with Gasteiger partial charge >= 0.3 is 0 Å². The highest BCUT2D eigenvalue weighted by Crippen LogP contribution is 2.45. The van der Waals surface area contributed by atoms with Crippen molar-refractivity contribution in [3.05, 3.63) is 47.5 Å². The molecule has 25 heavy (non-hydrogen) atoms. The van der Waals surface area contributed by atoms with E-state index >= 15 is 0 Å². The standard InChI is InChI=1S/C24H32N/c1-3-5-7-9-13-19-17-18-22-21-15-11-12-16-23(21)25-24(22)20(19)14-10-8-6-4-2/h11-12,15-18H,3-10,13-14H2,1-2H3. The van der Waals surface area contributed by atoms with Gasteiger partial charge in [-0.25, -0.2) is 5.32 Å². The van der Waals surface area contributed by atoms with Crippen LogP contribution in [0.4, 0.5) is 11.4 Å². The number of unbranched alkanes of at least 4 members (excludes halogenated alkanes) is 6. The van der Waals surface area contributed by atoms with Crippen LogP contribution in [-0.2, 0) is 12.8 Å². The summed E-state index contributed by atoms with van der Waals surface area (Å²) < 4.78 is 0. The molecule has 0 unspecified atom stereocenters. The van der Waals surface area contributed by atoms with Crippen molar-refractivity contribution >= 4 is 11.4 Å². The third-order valence-corrected chi connectivity index (χ3v) is 5.39. The van der Waals surface area contributed by atoms with Crippen LogP contribution in [0, 0.1) is 0 Å². The summed E-state index contributed by atoms with van der Waals surface area (Å²) >= 11 is 0. The molecule has 0 bridgehead atoms. The molecule has 1 radical (unpaired) electrons. The lowest BCUT2D eigenvalue weighted by Crippen LogP contribution is -2.00. The van der Waals surface area contributed by atoms with E-state index < -0.39 is 0 Å². The van der Waals surface area contributed by atoms with Gasteiger partial charge in [0.15, 0.2) is 0 Å². The molecule has 1 heterocycles. The quantitative estimate of drug-likeness (QED) is 0.341.